The maximum absolute atomic E-state index is 12.1. The lowest BCUT2D eigenvalue weighted by molar-refractivity contribution is -0.136. The van der Waals surface area contributed by atoms with Gasteiger partial charge in [0.05, 0.1) is 0 Å². The molecule has 2 fully saturated rings. The first kappa shape index (κ1) is 15.7. The number of aromatic nitrogens is 2. The summed E-state index contributed by atoms with van der Waals surface area (Å²) in [7, 11) is 0. The molecule has 3 rings (SSSR count). The number of hydrogen-bond acceptors (Lipinski definition) is 5. The van der Waals surface area contributed by atoms with Gasteiger partial charge in [0.25, 0.3) is 0 Å². The fourth-order valence-corrected chi connectivity index (χ4v) is 4.34. The second kappa shape index (κ2) is 6.94. The van der Waals surface area contributed by atoms with E-state index in [1.165, 1.54) is 30.8 Å². The second-order valence-electron chi connectivity index (χ2n) is 6.43. The molecule has 5 nitrogen and oxygen atoms in total. The molecule has 0 N–H and O–H groups in total. The molecule has 1 unspecified atom stereocenters. The van der Waals surface area contributed by atoms with E-state index in [0.717, 1.165) is 49.7 Å². The molecular weight excluding hydrogens is 296 g/mol. The molecule has 0 aromatic carbocycles. The van der Waals surface area contributed by atoms with Gasteiger partial charge >= 0.3 is 0 Å². The van der Waals surface area contributed by atoms with Crippen LogP contribution in [0.4, 0.5) is 5.13 Å². The molecule has 1 aliphatic carbocycles. The van der Waals surface area contributed by atoms with E-state index >= 15 is 0 Å². The lowest BCUT2D eigenvalue weighted by atomic mass is 9.89. The van der Waals surface area contributed by atoms with Gasteiger partial charge in [-0.15, -0.1) is 0 Å². The number of amides is 1. The van der Waals surface area contributed by atoms with E-state index in [4.69, 9.17) is 0 Å². The van der Waals surface area contributed by atoms with Gasteiger partial charge in [0, 0.05) is 50.1 Å². The summed E-state index contributed by atoms with van der Waals surface area (Å²) in [6.45, 7) is 5.84. The molecule has 1 saturated carbocycles. The van der Waals surface area contributed by atoms with Crippen molar-refractivity contribution in [3.63, 3.8) is 0 Å². The van der Waals surface area contributed by atoms with Crippen LogP contribution in [0.25, 0.3) is 0 Å². The molecule has 1 saturated heterocycles. The highest BCUT2D eigenvalue weighted by Gasteiger charge is 2.33. The van der Waals surface area contributed by atoms with Crippen molar-refractivity contribution in [2.45, 2.75) is 70.9 Å². The zero-order valence-electron chi connectivity index (χ0n) is 13.6. The van der Waals surface area contributed by atoms with Gasteiger partial charge in [-0.25, -0.2) is 4.98 Å². The number of hydrogen-bond donors (Lipinski definition) is 0. The number of carbonyl (C=O) groups excluding carboxylic acids is 1. The van der Waals surface area contributed by atoms with Gasteiger partial charge in [-0.2, -0.15) is 4.37 Å². The van der Waals surface area contributed by atoms with Gasteiger partial charge in [-0.1, -0.05) is 6.92 Å². The molecular formula is C16H26N4OS. The van der Waals surface area contributed by atoms with Crippen LogP contribution >= 0.6 is 11.5 Å². The number of anilines is 1. The minimum absolute atomic E-state index is 0.257. The van der Waals surface area contributed by atoms with E-state index in [2.05, 4.69) is 26.1 Å². The van der Waals surface area contributed by atoms with Gasteiger partial charge in [-0.3, -0.25) is 4.79 Å². The van der Waals surface area contributed by atoms with Crippen molar-refractivity contribution in [2.24, 2.45) is 0 Å². The van der Waals surface area contributed by atoms with Crippen LogP contribution in [0.5, 0.6) is 0 Å². The third-order valence-electron chi connectivity index (χ3n) is 4.97. The van der Waals surface area contributed by atoms with Crippen LogP contribution in [0.2, 0.25) is 0 Å². The second-order valence-corrected chi connectivity index (χ2v) is 7.16. The van der Waals surface area contributed by atoms with Crippen molar-refractivity contribution in [2.75, 3.05) is 18.0 Å². The molecule has 22 heavy (non-hydrogen) atoms. The Hall–Kier alpha value is -1.17. The molecule has 1 aliphatic heterocycles. The molecule has 0 radical (unpaired) electrons. The number of aryl methyl sites for hydroxylation is 1. The Labute approximate surface area is 136 Å². The van der Waals surface area contributed by atoms with E-state index in [1.807, 2.05) is 0 Å². The van der Waals surface area contributed by atoms with E-state index < -0.39 is 0 Å². The fraction of sp³-hybridized carbons (Fsp3) is 0.812. The molecule has 122 valence electrons. The van der Waals surface area contributed by atoms with Crippen LogP contribution in [-0.2, 0) is 11.2 Å². The third-order valence-corrected chi connectivity index (χ3v) is 5.78. The SMILES string of the molecule is CCc1nsc(N2CCCC(N(C(C)=O)C3CCC3)CC2)n1. The van der Waals surface area contributed by atoms with Gasteiger partial charge in [0.1, 0.15) is 5.82 Å². The minimum Gasteiger partial charge on any atom is -0.347 e. The topological polar surface area (TPSA) is 49.3 Å². The number of nitrogens with zero attached hydrogens (tertiary/aromatic N) is 4. The maximum Gasteiger partial charge on any atom is 0.219 e. The van der Waals surface area contributed by atoms with Crippen LogP contribution < -0.4 is 4.90 Å². The lowest BCUT2D eigenvalue weighted by Crippen LogP contribution is -2.49. The molecule has 2 heterocycles. The standard InChI is InChI=1S/C16H26N4OS/c1-3-15-17-16(22-18-15)19-10-5-8-14(9-11-19)20(12(2)21)13-6-4-7-13/h13-14H,3-11H2,1-2H3. The Kier molecular flexibility index (Phi) is 4.96. The van der Waals surface area contributed by atoms with Crippen molar-refractivity contribution in [1.82, 2.24) is 14.3 Å². The van der Waals surface area contributed by atoms with Crippen LogP contribution in [0.3, 0.4) is 0 Å². The predicted octanol–water partition coefficient (Wildman–Crippen LogP) is 2.86. The lowest BCUT2D eigenvalue weighted by Gasteiger charge is -2.42. The molecule has 1 aromatic rings. The van der Waals surface area contributed by atoms with Gasteiger partial charge in [0.15, 0.2) is 0 Å². The molecule has 1 atom stereocenters. The average molecular weight is 322 g/mol. The largest absolute Gasteiger partial charge is 0.347 e. The molecule has 0 bridgehead atoms. The van der Waals surface area contributed by atoms with E-state index in [1.54, 1.807) is 6.92 Å². The van der Waals surface area contributed by atoms with Crippen LogP contribution in [0, 0.1) is 0 Å². The number of carbonyl (C=O) groups is 1. The summed E-state index contributed by atoms with van der Waals surface area (Å²) in [6.07, 6.45) is 7.85. The third kappa shape index (κ3) is 3.26. The predicted molar refractivity (Wildman–Crippen MR) is 89.3 cm³/mol. The Morgan fingerprint density at radius 1 is 1.23 bits per heavy atom. The molecule has 1 aromatic heterocycles. The average Bonchev–Trinajstić information content (AvgIpc) is 2.80. The Bertz CT molecular complexity index is 514. The molecule has 0 spiro atoms. The first-order valence-corrected chi connectivity index (χ1v) is 9.32. The van der Waals surface area contributed by atoms with Gasteiger partial charge in [-0.05, 0) is 38.5 Å². The summed E-state index contributed by atoms with van der Waals surface area (Å²) in [5.41, 5.74) is 0. The zero-order chi connectivity index (χ0) is 15.5. The summed E-state index contributed by atoms with van der Waals surface area (Å²) in [5, 5.41) is 1.05. The van der Waals surface area contributed by atoms with Crippen LogP contribution in [-0.4, -0.2) is 45.3 Å². The minimum atomic E-state index is 0.257. The Balaban J connectivity index is 1.64. The van der Waals surface area contributed by atoms with Crippen molar-refractivity contribution in [3.8, 4) is 0 Å². The van der Waals surface area contributed by atoms with Gasteiger partial charge < -0.3 is 9.80 Å². The monoisotopic (exact) mass is 322 g/mol. The van der Waals surface area contributed by atoms with Gasteiger partial charge in [0.2, 0.25) is 11.0 Å². The first-order chi connectivity index (χ1) is 10.7. The normalized spacial score (nSPS) is 23.0. The highest BCUT2D eigenvalue weighted by Crippen LogP contribution is 2.31. The van der Waals surface area contributed by atoms with Crippen LogP contribution in [0.1, 0.15) is 58.2 Å². The Morgan fingerprint density at radius 2 is 1.95 bits per heavy atom. The van der Waals surface area contributed by atoms with E-state index in [0.29, 0.717) is 12.1 Å². The van der Waals surface area contributed by atoms with E-state index in [-0.39, 0.29) is 5.91 Å². The summed E-state index contributed by atoms with van der Waals surface area (Å²) in [4.78, 5) is 21.2. The molecule has 2 aliphatic rings. The first-order valence-electron chi connectivity index (χ1n) is 8.55. The highest BCUT2D eigenvalue weighted by molar-refractivity contribution is 7.09. The van der Waals surface area contributed by atoms with Crippen molar-refractivity contribution in [1.29, 1.82) is 0 Å². The van der Waals surface area contributed by atoms with E-state index in [9.17, 15) is 4.79 Å². The van der Waals surface area contributed by atoms with Crippen molar-refractivity contribution >= 4 is 22.6 Å². The van der Waals surface area contributed by atoms with Crippen molar-refractivity contribution < 1.29 is 4.79 Å². The quantitative estimate of drug-likeness (QED) is 0.855. The summed E-state index contributed by atoms with van der Waals surface area (Å²) < 4.78 is 4.40. The molecule has 1 amide bonds. The maximum atomic E-state index is 12.1. The summed E-state index contributed by atoms with van der Waals surface area (Å²) >= 11 is 1.51. The Morgan fingerprint density at radius 3 is 2.55 bits per heavy atom. The highest BCUT2D eigenvalue weighted by atomic mass is 32.1. The zero-order valence-corrected chi connectivity index (χ0v) is 14.4. The number of rotatable bonds is 4. The van der Waals surface area contributed by atoms with Crippen molar-refractivity contribution in [3.05, 3.63) is 5.82 Å². The summed E-state index contributed by atoms with van der Waals surface area (Å²) in [6, 6.07) is 0.911. The fourth-order valence-electron chi connectivity index (χ4n) is 3.54. The molecule has 6 heteroatoms. The van der Waals surface area contributed by atoms with Crippen LogP contribution in [0.15, 0.2) is 0 Å². The smallest absolute Gasteiger partial charge is 0.219 e. The summed E-state index contributed by atoms with van der Waals surface area (Å²) in [5.74, 6) is 1.20.